The molecule has 1 amide bonds. The highest BCUT2D eigenvalue weighted by Crippen LogP contribution is 2.29. The number of piperidine rings is 1. The Kier molecular flexibility index (Phi) is 4.97. The fraction of sp³-hybridized carbons (Fsp3) is 0.444. The number of aromatic nitrogens is 5. The summed E-state index contributed by atoms with van der Waals surface area (Å²) in [6.07, 6.45) is 7.06. The summed E-state index contributed by atoms with van der Waals surface area (Å²) in [5.41, 5.74) is 15.1. The van der Waals surface area contributed by atoms with Gasteiger partial charge in [0.15, 0.2) is 5.65 Å². The van der Waals surface area contributed by atoms with Crippen LogP contribution in [0.15, 0.2) is 24.7 Å². The lowest BCUT2D eigenvalue weighted by Gasteiger charge is -2.29. The molecule has 0 saturated carbocycles. The van der Waals surface area contributed by atoms with Crippen LogP contribution in [0.2, 0.25) is 0 Å². The van der Waals surface area contributed by atoms with E-state index in [9.17, 15) is 4.79 Å². The van der Waals surface area contributed by atoms with Gasteiger partial charge in [0.2, 0.25) is 5.91 Å². The van der Waals surface area contributed by atoms with Gasteiger partial charge >= 0.3 is 0 Å². The van der Waals surface area contributed by atoms with Crippen molar-refractivity contribution in [3.63, 3.8) is 0 Å². The zero-order valence-electron chi connectivity index (χ0n) is 15.8. The van der Waals surface area contributed by atoms with Gasteiger partial charge in [-0.3, -0.25) is 9.48 Å². The van der Waals surface area contributed by atoms with Crippen molar-refractivity contribution >= 4 is 17.4 Å². The van der Waals surface area contributed by atoms with Gasteiger partial charge in [0, 0.05) is 56.0 Å². The number of fused-ring (bicyclic) bond motifs is 1. The van der Waals surface area contributed by atoms with E-state index in [1.165, 1.54) is 0 Å². The molecule has 3 aromatic heterocycles. The molecule has 2 unspecified atom stereocenters. The molecule has 1 saturated heterocycles. The van der Waals surface area contributed by atoms with E-state index < -0.39 is 0 Å². The van der Waals surface area contributed by atoms with Crippen LogP contribution in [-0.4, -0.2) is 56.0 Å². The summed E-state index contributed by atoms with van der Waals surface area (Å²) in [5.74, 6) is 0.724. The topological polar surface area (TPSA) is 141 Å². The summed E-state index contributed by atoms with van der Waals surface area (Å²) < 4.78 is 3.39. The van der Waals surface area contributed by atoms with Gasteiger partial charge in [-0.25, -0.2) is 4.98 Å². The maximum Gasteiger partial charge on any atom is 0.237 e. The Bertz CT molecular complexity index is 984. The van der Waals surface area contributed by atoms with Crippen molar-refractivity contribution in [2.24, 2.45) is 12.8 Å². The number of anilines is 1. The Morgan fingerprint density at radius 2 is 2.21 bits per heavy atom. The molecule has 148 valence electrons. The Morgan fingerprint density at radius 3 is 2.89 bits per heavy atom. The van der Waals surface area contributed by atoms with Crippen LogP contribution in [0.3, 0.4) is 0 Å². The molecule has 28 heavy (non-hydrogen) atoms. The fourth-order valence-electron chi connectivity index (χ4n) is 3.63. The number of nitrogens with one attached hydrogen (secondary N) is 2. The minimum atomic E-state index is -0.190. The summed E-state index contributed by atoms with van der Waals surface area (Å²) in [6.45, 7) is 1.60. The fourth-order valence-corrected chi connectivity index (χ4v) is 3.63. The van der Waals surface area contributed by atoms with Crippen LogP contribution in [0.5, 0.6) is 0 Å². The number of nitrogens with zero attached hydrogens (tertiary/aromatic N) is 5. The number of rotatable bonds is 5. The molecule has 0 spiro atoms. The number of carbonyl (C=O) groups is 1. The van der Waals surface area contributed by atoms with E-state index in [1.807, 2.05) is 19.3 Å². The molecule has 0 aliphatic carbocycles. The molecule has 1 aliphatic rings. The quantitative estimate of drug-likeness (QED) is 0.471. The third-order valence-electron chi connectivity index (χ3n) is 5.13. The Hall–Kier alpha value is -2.98. The van der Waals surface area contributed by atoms with Crippen molar-refractivity contribution < 1.29 is 4.79 Å². The minimum Gasteiger partial charge on any atom is -0.384 e. The number of nitrogens with two attached hydrogens (primary N) is 2. The SMILES string of the molecule is Cn1cc(-c2cnn3c(N)cc(C4CCC(C(=O)NCCN)NC4)nc23)cn1. The zero-order chi connectivity index (χ0) is 19.7. The first-order valence-electron chi connectivity index (χ1n) is 9.41. The monoisotopic (exact) mass is 383 g/mol. The van der Waals surface area contributed by atoms with Crippen LogP contribution < -0.4 is 22.1 Å². The molecule has 1 aliphatic heterocycles. The molecule has 2 atom stereocenters. The second-order valence-corrected chi connectivity index (χ2v) is 7.12. The van der Waals surface area contributed by atoms with E-state index in [1.54, 1.807) is 21.6 Å². The van der Waals surface area contributed by atoms with E-state index in [0.717, 1.165) is 29.7 Å². The average Bonchev–Trinajstić information content (AvgIpc) is 3.32. The molecule has 4 heterocycles. The van der Waals surface area contributed by atoms with Gasteiger partial charge < -0.3 is 22.1 Å². The predicted molar refractivity (Wildman–Crippen MR) is 105 cm³/mol. The Morgan fingerprint density at radius 1 is 1.36 bits per heavy atom. The van der Waals surface area contributed by atoms with Crippen molar-refractivity contribution in [1.29, 1.82) is 0 Å². The number of amides is 1. The Labute approximate surface area is 162 Å². The van der Waals surface area contributed by atoms with Crippen molar-refractivity contribution in [1.82, 2.24) is 35.0 Å². The highest BCUT2D eigenvalue weighted by molar-refractivity contribution is 5.82. The molecule has 4 rings (SSSR count). The first-order chi connectivity index (χ1) is 13.6. The summed E-state index contributed by atoms with van der Waals surface area (Å²) in [6, 6.07) is 1.68. The maximum absolute atomic E-state index is 12.1. The number of carbonyl (C=O) groups excluding carboxylic acids is 1. The molecular formula is C18H25N9O. The molecule has 6 N–H and O–H groups in total. The smallest absolute Gasteiger partial charge is 0.237 e. The van der Waals surface area contributed by atoms with Crippen molar-refractivity contribution in [3.05, 3.63) is 30.4 Å². The summed E-state index contributed by atoms with van der Waals surface area (Å²) >= 11 is 0. The van der Waals surface area contributed by atoms with Crippen molar-refractivity contribution in [2.45, 2.75) is 24.8 Å². The standard InChI is InChI=1S/C18H25N9O/c1-26-10-12(8-23-26)13-9-24-27-16(20)6-15(25-17(13)27)11-2-3-14(22-7-11)18(28)21-5-4-19/h6,8-11,14,22H,2-5,7,19-20H2,1H3,(H,21,28). The first-order valence-corrected chi connectivity index (χ1v) is 9.41. The van der Waals surface area contributed by atoms with E-state index in [-0.39, 0.29) is 17.9 Å². The molecule has 3 aromatic rings. The summed E-state index contributed by atoms with van der Waals surface area (Å²) in [4.78, 5) is 17.0. The first kappa shape index (κ1) is 18.4. The average molecular weight is 383 g/mol. The lowest BCUT2D eigenvalue weighted by Crippen LogP contribution is -2.49. The minimum absolute atomic E-state index is 0.00137. The van der Waals surface area contributed by atoms with E-state index in [4.69, 9.17) is 16.5 Å². The molecular weight excluding hydrogens is 358 g/mol. The summed E-state index contributed by atoms with van der Waals surface area (Å²) in [7, 11) is 1.87. The highest BCUT2D eigenvalue weighted by Gasteiger charge is 2.28. The van der Waals surface area contributed by atoms with Gasteiger partial charge in [0.1, 0.15) is 5.82 Å². The molecule has 10 nitrogen and oxygen atoms in total. The predicted octanol–water partition coefficient (Wildman–Crippen LogP) is -0.377. The van der Waals surface area contributed by atoms with E-state index >= 15 is 0 Å². The van der Waals surface area contributed by atoms with Crippen molar-refractivity contribution in [2.75, 3.05) is 25.4 Å². The zero-order valence-corrected chi connectivity index (χ0v) is 15.8. The van der Waals surface area contributed by atoms with Gasteiger partial charge in [-0.2, -0.15) is 14.7 Å². The van der Waals surface area contributed by atoms with Crippen LogP contribution in [0.1, 0.15) is 24.5 Å². The highest BCUT2D eigenvalue weighted by atomic mass is 16.2. The van der Waals surface area contributed by atoms with Gasteiger partial charge in [0.25, 0.3) is 0 Å². The van der Waals surface area contributed by atoms with Crippen LogP contribution in [0.4, 0.5) is 5.82 Å². The van der Waals surface area contributed by atoms with Gasteiger partial charge in [-0.05, 0) is 12.8 Å². The summed E-state index contributed by atoms with van der Waals surface area (Å²) in [5, 5.41) is 14.7. The largest absolute Gasteiger partial charge is 0.384 e. The van der Waals surface area contributed by atoms with Crippen LogP contribution in [0.25, 0.3) is 16.8 Å². The number of hydrogen-bond donors (Lipinski definition) is 4. The van der Waals surface area contributed by atoms with Gasteiger partial charge in [-0.15, -0.1) is 0 Å². The van der Waals surface area contributed by atoms with Crippen LogP contribution in [0, 0.1) is 0 Å². The maximum atomic E-state index is 12.1. The van der Waals surface area contributed by atoms with Gasteiger partial charge in [0.05, 0.1) is 24.1 Å². The normalized spacial score (nSPS) is 19.8. The molecule has 0 bridgehead atoms. The second kappa shape index (κ2) is 7.56. The van der Waals surface area contributed by atoms with Crippen molar-refractivity contribution in [3.8, 4) is 11.1 Å². The van der Waals surface area contributed by atoms with Gasteiger partial charge in [-0.1, -0.05) is 0 Å². The molecule has 0 radical (unpaired) electrons. The van der Waals surface area contributed by atoms with Crippen LogP contribution in [-0.2, 0) is 11.8 Å². The Balaban J connectivity index is 1.56. The molecule has 10 heteroatoms. The van der Waals surface area contributed by atoms with Crippen LogP contribution >= 0.6 is 0 Å². The second-order valence-electron chi connectivity index (χ2n) is 7.12. The molecule has 0 aromatic carbocycles. The lowest BCUT2D eigenvalue weighted by atomic mass is 9.91. The number of nitrogen functional groups attached to an aromatic ring is 1. The lowest BCUT2D eigenvalue weighted by molar-refractivity contribution is -0.123. The molecule has 1 fully saturated rings. The number of aryl methyl sites for hydroxylation is 1. The van der Waals surface area contributed by atoms with E-state index in [2.05, 4.69) is 20.8 Å². The van der Waals surface area contributed by atoms with E-state index in [0.29, 0.717) is 31.1 Å². The number of hydrogen-bond acceptors (Lipinski definition) is 7. The third kappa shape index (κ3) is 3.43. The third-order valence-corrected chi connectivity index (χ3v) is 5.13.